The van der Waals surface area contributed by atoms with E-state index in [1.165, 1.54) is 11.1 Å². The Hall–Kier alpha value is -0.943. The van der Waals surface area contributed by atoms with Crippen LogP contribution in [0.2, 0.25) is 0 Å². The molecule has 1 rings (SSSR count). The molecule has 1 unspecified atom stereocenters. The first kappa shape index (κ1) is 19.1. The van der Waals surface area contributed by atoms with Gasteiger partial charge < -0.3 is 13.3 Å². The van der Waals surface area contributed by atoms with Crippen LogP contribution >= 0.6 is 0 Å². The van der Waals surface area contributed by atoms with Crippen LogP contribution in [0.3, 0.4) is 0 Å². The standard InChI is InChI=1S/C18H30O3Si/c1-6-13-16-14-11-12-15-17(16)18(7-2)22(19-8-3,20-9-4)21-10-5/h6,11-12,14-15,18H,1,7-10,13H2,2-5H3. The van der Waals surface area contributed by atoms with Gasteiger partial charge in [0.15, 0.2) is 0 Å². The minimum atomic E-state index is -2.76. The lowest BCUT2D eigenvalue weighted by atomic mass is 10.0. The molecule has 0 bridgehead atoms. The second-order valence-electron chi connectivity index (χ2n) is 5.06. The second-order valence-corrected chi connectivity index (χ2v) is 7.83. The third kappa shape index (κ3) is 4.52. The Bertz CT molecular complexity index is 431. The third-order valence-electron chi connectivity index (χ3n) is 3.67. The van der Waals surface area contributed by atoms with Gasteiger partial charge in [0.05, 0.1) is 5.54 Å². The summed E-state index contributed by atoms with van der Waals surface area (Å²) in [6, 6.07) is 8.47. The van der Waals surface area contributed by atoms with E-state index in [0.717, 1.165) is 12.8 Å². The molecule has 0 fully saturated rings. The maximum absolute atomic E-state index is 6.12. The van der Waals surface area contributed by atoms with Gasteiger partial charge >= 0.3 is 8.80 Å². The van der Waals surface area contributed by atoms with Crippen molar-refractivity contribution in [2.75, 3.05) is 19.8 Å². The highest BCUT2D eigenvalue weighted by Gasteiger charge is 2.49. The second kappa shape index (κ2) is 9.95. The summed E-state index contributed by atoms with van der Waals surface area (Å²) in [5, 5.41) is 0. The molecule has 4 heteroatoms. The zero-order valence-corrected chi connectivity index (χ0v) is 15.4. The zero-order chi connectivity index (χ0) is 16.4. The van der Waals surface area contributed by atoms with Crippen LogP contribution in [0.5, 0.6) is 0 Å². The minimum Gasteiger partial charge on any atom is -0.373 e. The average molecular weight is 323 g/mol. The normalized spacial score (nSPS) is 13.1. The lowest BCUT2D eigenvalue weighted by Gasteiger charge is -2.36. The van der Waals surface area contributed by atoms with Crippen LogP contribution < -0.4 is 0 Å². The summed E-state index contributed by atoms with van der Waals surface area (Å²) in [6.07, 6.45) is 3.72. The Balaban J connectivity index is 3.30. The van der Waals surface area contributed by atoms with Gasteiger partial charge in [-0.3, -0.25) is 0 Å². The Morgan fingerprint density at radius 3 is 2.00 bits per heavy atom. The van der Waals surface area contributed by atoms with Crippen LogP contribution in [-0.2, 0) is 19.7 Å². The van der Waals surface area contributed by atoms with Crippen LogP contribution in [0.25, 0.3) is 0 Å². The highest BCUT2D eigenvalue weighted by Crippen LogP contribution is 2.35. The molecule has 0 radical (unpaired) electrons. The fourth-order valence-corrected chi connectivity index (χ4v) is 6.13. The van der Waals surface area contributed by atoms with Gasteiger partial charge in [0.25, 0.3) is 0 Å². The molecular weight excluding hydrogens is 292 g/mol. The average Bonchev–Trinajstić information content (AvgIpc) is 2.51. The molecule has 3 nitrogen and oxygen atoms in total. The van der Waals surface area contributed by atoms with Gasteiger partial charge in [0.1, 0.15) is 0 Å². The maximum Gasteiger partial charge on any atom is 0.508 e. The molecule has 1 aromatic rings. The van der Waals surface area contributed by atoms with Crippen molar-refractivity contribution in [3.63, 3.8) is 0 Å². The Morgan fingerprint density at radius 1 is 1.00 bits per heavy atom. The van der Waals surface area contributed by atoms with E-state index in [1.807, 2.05) is 26.8 Å². The lowest BCUT2D eigenvalue weighted by Crippen LogP contribution is -2.52. The van der Waals surface area contributed by atoms with Gasteiger partial charge in [-0.05, 0) is 44.7 Å². The van der Waals surface area contributed by atoms with Gasteiger partial charge in [0.2, 0.25) is 0 Å². The van der Waals surface area contributed by atoms with Gasteiger partial charge in [-0.2, -0.15) is 0 Å². The fraction of sp³-hybridized carbons (Fsp3) is 0.556. The van der Waals surface area contributed by atoms with Crippen molar-refractivity contribution in [2.24, 2.45) is 0 Å². The largest absolute Gasteiger partial charge is 0.508 e. The molecule has 1 atom stereocenters. The molecule has 0 saturated heterocycles. The molecule has 0 aromatic heterocycles. The smallest absolute Gasteiger partial charge is 0.373 e. The first-order valence-electron chi connectivity index (χ1n) is 8.29. The molecule has 22 heavy (non-hydrogen) atoms. The van der Waals surface area contributed by atoms with Crippen LogP contribution in [0.1, 0.15) is 50.8 Å². The highest BCUT2D eigenvalue weighted by molar-refractivity contribution is 6.62. The summed E-state index contributed by atoms with van der Waals surface area (Å²) in [5.74, 6) is 0. The minimum absolute atomic E-state index is 0.156. The lowest BCUT2D eigenvalue weighted by molar-refractivity contribution is 0.0611. The molecule has 0 amide bonds. The Morgan fingerprint density at radius 2 is 1.55 bits per heavy atom. The fourth-order valence-electron chi connectivity index (χ4n) is 2.91. The predicted octanol–water partition coefficient (Wildman–Crippen LogP) is 4.50. The monoisotopic (exact) mass is 322 g/mol. The summed E-state index contributed by atoms with van der Waals surface area (Å²) in [6.45, 7) is 13.9. The number of hydrogen-bond acceptors (Lipinski definition) is 3. The van der Waals surface area contributed by atoms with E-state index < -0.39 is 8.80 Å². The first-order valence-corrected chi connectivity index (χ1v) is 10.1. The van der Waals surface area contributed by atoms with Gasteiger partial charge in [-0.15, -0.1) is 6.58 Å². The van der Waals surface area contributed by atoms with Crippen molar-refractivity contribution >= 4 is 8.80 Å². The Labute approximate surface area is 136 Å². The first-order chi connectivity index (χ1) is 10.7. The van der Waals surface area contributed by atoms with Crippen molar-refractivity contribution in [1.29, 1.82) is 0 Å². The molecule has 0 N–H and O–H groups in total. The van der Waals surface area contributed by atoms with E-state index in [-0.39, 0.29) is 5.54 Å². The van der Waals surface area contributed by atoms with E-state index in [4.69, 9.17) is 13.3 Å². The summed E-state index contributed by atoms with van der Waals surface area (Å²) < 4.78 is 18.4. The molecule has 0 aliphatic carbocycles. The molecule has 1 aromatic carbocycles. The molecule has 0 aliphatic rings. The molecule has 0 saturated carbocycles. The quantitative estimate of drug-likeness (QED) is 0.443. The summed E-state index contributed by atoms with van der Waals surface area (Å²) in [5.41, 5.74) is 2.70. The van der Waals surface area contributed by atoms with Crippen molar-refractivity contribution < 1.29 is 13.3 Å². The molecule has 0 spiro atoms. The summed E-state index contributed by atoms with van der Waals surface area (Å²) in [4.78, 5) is 0. The van der Waals surface area contributed by atoms with Gasteiger partial charge in [-0.25, -0.2) is 0 Å². The van der Waals surface area contributed by atoms with Gasteiger partial charge in [-0.1, -0.05) is 37.3 Å². The van der Waals surface area contributed by atoms with Gasteiger partial charge in [0, 0.05) is 19.8 Å². The summed E-state index contributed by atoms with van der Waals surface area (Å²) >= 11 is 0. The van der Waals surface area contributed by atoms with E-state index in [2.05, 4.69) is 37.8 Å². The van der Waals surface area contributed by atoms with Crippen molar-refractivity contribution in [1.82, 2.24) is 0 Å². The van der Waals surface area contributed by atoms with E-state index in [0.29, 0.717) is 19.8 Å². The third-order valence-corrected chi connectivity index (χ3v) is 7.31. The highest BCUT2D eigenvalue weighted by atomic mass is 28.4. The number of benzene rings is 1. The predicted molar refractivity (Wildman–Crippen MR) is 94.0 cm³/mol. The number of allylic oxidation sites excluding steroid dienone is 1. The van der Waals surface area contributed by atoms with E-state index in [1.54, 1.807) is 0 Å². The van der Waals surface area contributed by atoms with Crippen LogP contribution in [0, 0.1) is 0 Å². The molecular formula is C18H30O3Si. The summed E-state index contributed by atoms with van der Waals surface area (Å²) in [7, 11) is -2.76. The van der Waals surface area contributed by atoms with Crippen LogP contribution in [0.4, 0.5) is 0 Å². The Kier molecular flexibility index (Phi) is 8.64. The van der Waals surface area contributed by atoms with Crippen molar-refractivity contribution in [3.05, 3.63) is 48.0 Å². The number of rotatable bonds is 11. The SMILES string of the molecule is C=CCc1ccccc1C(CC)[Si](OCC)(OCC)OCC. The zero-order valence-electron chi connectivity index (χ0n) is 14.4. The van der Waals surface area contributed by atoms with E-state index >= 15 is 0 Å². The van der Waals surface area contributed by atoms with Crippen molar-refractivity contribution in [3.8, 4) is 0 Å². The molecule has 0 aliphatic heterocycles. The number of hydrogen-bond donors (Lipinski definition) is 0. The molecule has 124 valence electrons. The molecule has 0 heterocycles. The van der Waals surface area contributed by atoms with Crippen LogP contribution in [-0.4, -0.2) is 28.6 Å². The van der Waals surface area contributed by atoms with Crippen molar-refractivity contribution in [2.45, 2.75) is 46.1 Å². The topological polar surface area (TPSA) is 27.7 Å². The van der Waals surface area contributed by atoms with Crippen LogP contribution in [0.15, 0.2) is 36.9 Å². The van der Waals surface area contributed by atoms with E-state index in [9.17, 15) is 0 Å². The maximum atomic E-state index is 6.12.